The van der Waals surface area contributed by atoms with Crippen molar-refractivity contribution in [3.8, 4) is 0 Å². The highest BCUT2D eigenvalue weighted by Crippen LogP contribution is 2.25. The lowest BCUT2D eigenvalue weighted by atomic mass is 10.0. The molecule has 20 heavy (non-hydrogen) atoms. The maximum atomic E-state index is 11.1. The molecule has 1 fully saturated rings. The Kier molecular flexibility index (Phi) is 5.37. The number of carbonyl (C=O) groups excluding carboxylic acids is 1. The van der Waals surface area contributed by atoms with Crippen LogP contribution in [0.25, 0.3) is 0 Å². The smallest absolute Gasteiger partial charge is 0.305 e. The van der Waals surface area contributed by atoms with E-state index < -0.39 is 0 Å². The van der Waals surface area contributed by atoms with E-state index in [1.807, 2.05) is 5.38 Å². The number of rotatable bonds is 5. The molecule has 5 nitrogen and oxygen atoms in total. The monoisotopic (exact) mass is 297 g/mol. The zero-order valence-electron chi connectivity index (χ0n) is 12.5. The number of esters is 1. The Morgan fingerprint density at radius 2 is 2.25 bits per heavy atom. The number of piperidine rings is 1. The van der Waals surface area contributed by atoms with Gasteiger partial charge in [0.1, 0.15) is 0 Å². The van der Waals surface area contributed by atoms with Gasteiger partial charge in [-0.1, -0.05) is 0 Å². The third kappa shape index (κ3) is 3.93. The first-order valence-corrected chi connectivity index (χ1v) is 7.90. The third-order valence-corrected chi connectivity index (χ3v) is 4.87. The fourth-order valence-electron chi connectivity index (χ4n) is 2.44. The Morgan fingerprint density at radius 1 is 1.55 bits per heavy atom. The van der Waals surface area contributed by atoms with E-state index in [2.05, 4.69) is 33.6 Å². The molecule has 1 saturated heterocycles. The van der Waals surface area contributed by atoms with E-state index in [1.165, 1.54) is 20.0 Å². The zero-order valence-corrected chi connectivity index (χ0v) is 13.3. The first kappa shape index (κ1) is 15.3. The molecule has 6 heteroatoms. The molecule has 0 radical (unpaired) electrons. The van der Waals surface area contributed by atoms with E-state index in [4.69, 9.17) is 0 Å². The molecule has 0 aromatic carbocycles. The van der Waals surface area contributed by atoms with Crippen molar-refractivity contribution in [3.05, 3.63) is 11.1 Å². The first-order chi connectivity index (χ1) is 9.60. The summed E-state index contributed by atoms with van der Waals surface area (Å²) in [6, 6.07) is 0.575. The number of methoxy groups -OCH3 is 1. The van der Waals surface area contributed by atoms with Crippen molar-refractivity contribution < 1.29 is 9.53 Å². The van der Waals surface area contributed by atoms with Gasteiger partial charge in [-0.05, 0) is 33.0 Å². The second kappa shape index (κ2) is 7.04. The van der Waals surface area contributed by atoms with Gasteiger partial charge in [0.05, 0.1) is 19.2 Å². The number of likely N-dealkylation sites (tertiary alicyclic amines) is 1. The van der Waals surface area contributed by atoms with Gasteiger partial charge in [-0.25, -0.2) is 4.98 Å². The second-order valence-corrected chi connectivity index (χ2v) is 6.18. The number of hydrogen-bond acceptors (Lipinski definition) is 6. The van der Waals surface area contributed by atoms with Crippen LogP contribution < -0.4 is 4.90 Å². The quantitative estimate of drug-likeness (QED) is 0.775. The number of anilines is 1. The van der Waals surface area contributed by atoms with Crippen molar-refractivity contribution in [2.24, 2.45) is 0 Å². The molecule has 0 N–H and O–H groups in total. The molecule has 0 aliphatic carbocycles. The Bertz CT molecular complexity index is 441. The number of ether oxygens (including phenoxy) is 1. The van der Waals surface area contributed by atoms with E-state index in [9.17, 15) is 4.79 Å². The lowest BCUT2D eigenvalue weighted by Gasteiger charge is -2.34. The summed E-state index contributed by atoms with van der Waals surface area (Å²) in [4.78, 5) is 20.4. The standard InChI is InChI=1S/C14H23N3O2S/c1-16-8-6-12(7-9-16)17(2)14-15-11(10-20-14)4-5-13(18)19-3/h10,12H,4-9H2,1-3H3. The van der Waals surface area contributed by atoms with Crippen LogP contribution >= 0.6 is 11.3 Å². The molecule has 1 aromatic heterocycles. The minimum absolute atomic E-state index is 0.178. The zero-order chi connectivity index (χ0) is 14.5. The van der Waals surface area contributed by atoms with Crippen LogP contribution in [0.1, 0.15) is 25.0 Å². The number of hydrogen-bond donors (Lipinski definition) is 0. The van der Waals surface area contributed by atoms with Gasteiger partial charge in [0.25, 0.3) is 0 Å². The van der Waals surface area contributed by atoms with Crippen molar-refractivity contribution >= 4 is 22.4 Å². The average Bonchev–Trinajstić information content (AvgIpc) is 2.93. The minimum atomic E-state index is -0.178. The van der Waals surface area contributed by atoms with Gasteiger partial charge in [0, 0.05) is 24.9 Å². The molecular formula is C14H23N3O2S. The normalized spacial score (nSPS) is 17.1. The van der Waals surface area contributed by atoms with Crippen molar-refractivity contribution in [1.29, 1.82) is 0 Å². The van der Waals surface area contributed by atoms with Gasteiger partial charge < -0.3 is 14.5 Å². The lowest BCUT2D eigenvalue weighted by molar-refractivity contribution is -0.140. The summed E-state index contributed by atoms with van der Waals surface area (Å²) in [5.74, 6) is -0.178. The van der Waals surface area contributed by atoms with Gasteiger partial charge in [0.15, 0.2) is 5.13 Å². The van der Waals surface area contributed by atoms with E-state index in [1.54, 1.807) is 11.3 Å². The summed E-state index contributed by atoms with van der Waals surface area (Å²) in [6.45, 7) is 2.30. The van der Waals surface area contributed by atoms with E-state index in [0.717, 1.165) is 23.9 Å². The summed E-state index contributed by atoms with van der Waals surface area (Å²) >= 11 is 1.66. The van der Waals surface area contributed by atoms with Crippen LogP contribution in [-0.4, -0.2) is 56.2 Å². The van der Waals surface area contributed by atoms with Gasteiger partial charge in [-0.15, -0.1) is 11.3 Å². The molecule has 2 heterocycles. The maximum absolute atomic E-state index is 11.1. The number of aromatic nitrogens is 1. The summed E-state index contributed by atoms with van der Waals surface area (Å²) < 4.78 is 4.65. The Labute approximate surface area is 124 Å². The highest BCUT2D eigenvalue weighted by molar-refractivity contribution is 7.13. The summed E-state index contributed by atoms with van der Waals surface area (Å²) in [7, 11) is 5.71. The predicted molar refractivity (Wildman–Crippen MR) is 81.4 cm³/mol. The van der Waals surface area contributed by atoms with Gasteiger partial charge in [-0.3, -0.25) is 4.79 Å². The summed E-state index contributed by atoms with van der Waals surface area (Å²) in [5, 5.41) is 3.10. The number of nitrogens with zero attached hydrogens (tertiary/aromatic N) is 3. The fraction of sp³-hybridized carbons (Fsp3) is 0.714. The van der Waals surface area contributed by atoms with Crippen molar-refractivity contribution in [2.45, 2.75) is 31.7 Å². The molecule has 0 spiro atoms. The molecule has 1 aromatic rings. The third-order valence-electron chi connectivity index (χ3n) is 3.89. The highest BCUT2D eigenvalue weighted by atomic mass is 32.1. The topological polar surface area (TPSA) is 45.7 Å². The van der Waals surface area contributed by atoms with Crippen molar-refractivity contribution in [1.82, 2.24) is 9.88 Å². The molecular weight excluding hydrogens is 274 g/mol. The molecule has 0 atom stereocenters. The molecule has 1 aliphatic heterocycles. The first-order valence-electron chi connectivity index (χ1n) is 7.02. The molecule has 0 unspecified atom stereocenters. The van der Waals surface area contributed by atoms with E-state index in [0.29, 0.717) is 18.9 Å². The minimum Gasteiger partial charge on any atom is -0.469 e. The van der Waals surface area contributed by atoms with Crippen LogP contribution in [0.4, 0.5) is 5.13 Å². The highest BCUT2D eigenvalue weighted by Gasteiger charge is 2.22. The van der Waals surface area contributed by atoms with Crippen LogP contribution in [0.3, 0.4) is 0 Å². The van der Waals surface area contributed by atoms with E-state index >= 15 is 0 Å². The van der Waals surface area contributed by atoms with Crippen molar-refractivity contribution in [3.63, 3.8) is 0 Å². The SMILES string of the molecule is COC(=O)CCc1csc(N(C)C2CCN(C)CC2)n1. The average molecular weight is 297 g/mol. The number of carbonyl (C=O) groups is 1. The molecule has 0 bridgehead atoms. The van der Waals surface area contributed by atoms with Gasteiger partial charge >= 0.3 is 5.97 Å². The molecule has 2 rings (SSSR count). The summed E-state index contributed by atoms with van der Waals surface area (Å²) in [6.07, 6.45) is 3.43. The molecule has 112 valence electrons. The van der Waals surface area contributed by atoms with E-state index in [-0.39, 0.29) is 5.97 Å². The van der Waals surface area contributed by atoms with Crippen molar-refractivity contribution in [2.75, 3.05) is 39.2 Å². The fourth-order valence-corrected chi connectivity index (χ4v) is 3.34. The van der Waals surface area contributed by atoms with Gasteiger partial charge in [0.2, 0.25) is 0 Å². The molecule has 0 amide bonds. The molecule has 0 saturated carbocycles. The Morgan fingerprint density at radius 3 is 2.90 bits per heavy atom. The van der Waals surface area contributed by atoms with Crippen LogP contribution in [-0.2, 0) is 16.0 Å². The second-order valence-electron chi connectivity index (χ2n) is 5.34. The Balaban J connectivity index is 1.89. The Hall–Kier alpha value is -1.14. The van der Waals surface area contributed by atoms with Crippen LogP contribution in [0.15, 0.2) is 5.38 Å². The number of aryl methyl sites for hydroxylation is 1. The van der Waals surface area contributed by atoms with Crippen LogP contribution in [0, 0.1) is 0 Å². The summed E-state index contributed by atoms with van der Waals surface area (Å²) in [5.41, 5.74) is 0.982. The largest absolute Gasteiger partial charge is 0.469 e. The maximum Gasteiger partial charge on any atom is 0.305 e. The predicted octanol–water partition coefficient (Wildman–Crippen LogP) is 1.78. The molecule has 1 aliphatic rings. The lowest BCUT2D eigenvalue weighted by Crippen LogP contribution is -2.41. The van der Waals surface area contributed by atoms with Crippen LogP contribution in [0.2, 0.25) is 0 Å². The van der Waals surface area contributed by atoms with Crippen LogP contribution in [0.5, 0.6) is 0 Å². The number of thiazole rings is 1. The van der Waals surface area contributed by atoms with Gasteiger partial charge in [-0.2, -0.15) is 0 Å².